The number of hydrogen-bond donors (Lipinski definition) is 1. The maximum absolute atomic E-state index is 11.7. The van der Waals surface area contributed by atoms with Crippen LogP contribution in [0.25, 0.3) is 0 Å². The van der Waals surface area contributed by atoms with E-state index >= 15 is 0 Å². The first-order valence-corrected chi connectivity index (χ1v) is 6.29. The molecule has 17 heavy (non-hydrogen) atoms. The molecular weight excluding hydrogens is 259 g/mol. The Hall–Kier alpha value is -0.770. The first-order chi connectivity index (χ1) is 8.02. The Morgan fingerprint density at radius 1 is 1.47 bits per heavy atom. The van der Waals surface area contributed by atoms with E-state index in [1.807, 2.05) is 6.07 Å². The predicted octanol–water partition coefficient (Wildman–Crippen LogP) is 3.14. The maximum atomic E-state index is 11.7. The van der Waals surface area contributed by atoms with Crippen molar-refractivity contribution >= 4 is 34.8 Å². The molecule has 0 aliphatic carbocycles. The predicted molar refractivity (Wildman–Crippen MR) is 70.7 cm³/mol. The number of nitrogens with two attached hydrogens (primary N) is 1. The van der Waals surface area contributed by atoms with E-state index in [-0.39, 0.29) is 11.9 Å². The summed E-state index contributed by atoms with van der Waals surface area (Å²) in [6.45, 7) is 2.16. The van der Waals surface area contributed by atoms with Crippen LogP contribution in [0.3, 0.4) is 0 Å². The highest BCUT2D eigenvalue weighted by atomic mass is 35.5. The zero-order chi connectivity index (χ0) is 12.6. The van der Waals surface area contributed by atoms with Gasteiger partial charge in [-0.25, -0.2) is 0 Å². The Morgan fingerprint density at radius 2 is 2.18 bits per heavy atom. The largest absolute Gasteiger partial charge is 0.324 e. The number of hydrogen-bond acceptors (Lipinski definition) is 2. The molecule has 3 nitrogen and oxygen atoms in total. The van der Waals surface area contributed by atoms with Crippen molar-refractivity contribution in [3.05, 3.63) is 27.7 Å². The van der Waals surface area contributed by atoms with E-state index in [1.165, 1.54) is 6.92 Å². The van der Waals surface area contributed by atoms with Gasteiger partial charge in [0.15, 0.2) is 0 Å². The molecule has 0 aromatic heterocycles. The van der Waals surface area contributed by atoms with E-state index in [0.717, 1.165) is 18.4 Å². The van der Waals surface area contributed by atoms with Gasteiger partial charge in [0, 0.05) is 19.5 Å². The summed E-state index contributed by atoms with van der Waals surface area (Å²) < 4.78 is 0. The lowest BCUT2D eigenvalue weighted by Crippen LogP contribution is -2.29. The van der Waals surface area contributed by atoms with Crippen LogP contribution in [0, 0.1) is 0 Å². The molecule has 1 atom stereocenters. The van der Waals surface area contributed by atoms with Crippen molar-refractivity contribution < 1.29 is 4.79 Å². The second-order valence-corrected chi connectivity index (χ2v) is 5.00. The van der Waals surface area contributed by atoms with Gasteiger partial charge < -0.3 is 10.6 Å². The summed E-state index contributed by atoms with van der Waals surface area (Å²) in [7, 11) is 0. The van der Waals surface area contributed by atoms with Crippen LogP contribution in [0.2, 0.25) is 10.0 Å². The Kier molecular flexibility index (Phi) is 3.61. The Bertz CT molecular complexity index is 462. The molecule has 1 unspecified atom stereocenters. The van der Waals surface area contributed by atoms with Crippen LogP contribution in [0.15, 0.2) is 12.1 Å². The molecule has 1 aliphatic rings. The van der Waals surface area contributed by atoms with E-state index in [9.17, 15) is 4.79 Å². The van der Waals surface area contributed by atoms with Crippen LogP contribution in [0.4, 0.5) is 5.69 Å². The number of fused-ring (bicyclic) bond motifs is 1. The number of carbonyl (C=O) groups excluding carboxylic acids is 1. The molecule has 0 radical (unpaired) electrons. The van der Waals surface area contributed by atoms with Crippen LogP contribution >= 0.6 is 23.2 Å². The molecule has 0 spiro atoms. The second kappa shape index (κ2) is 4.84. The molecule has 92 valence electrons. The molecule has 0 fully saturated rings. The van der Waals surface area contributed by atoms with Crippen LogP contribution in [-0.2, 0) is 4.79 Å². The monoisotopic (exact) mass is 272 g/mol. The minimum Gasteiger partial charge on any atom is -0.324 e. The molecule has 0 bridgehead atoms. The van der Waals surface area contributed by atoms with E-state index < -0.39 is 0 Å². The highest BCUT2D eigenvalue weighted by Crippen LogP contribution is 2.40. The number of benzene rings is 1. The number of rotatable bonds is 0. The molecule has 1 aromatic carbocycles. The highest BCUT2D eigenvalue weighted by Gasteiger charge is 2.26. The fourth-order valence-corrected chi connectivity index (χ4v) is 2.61. The summed E-state index contributed by atoms with van der Waals surface area (Å²) in [5.41, 5.74) is 7.66. The first-order valence-electron chi connectivity index (χ1n) is 5.54. The molecule has 1 aromatic rings. The number of amides is 1. The minimum absolute atomic E-state index is 0.0375. The SMILES string of the molecule is CC(=O)N1CCCC(N)c2ccc(Cl)c(Cl)c21. The van der Waals surface area contributed by atoms with E-state index in [4.69, 9.17) is 28.9 Å². The third-order valence-corrected chi connectivity index (χ3v) is 3.84. The quantitative estimate of drug-likeness (QED) is 0.789. The summed E-state index contributed by atoms with van der Waals surface area (Å²) in [5.74, 6) is -0.0375. The Balaban J connectivity index is 2.63. The smallest absolute Gasteiger partial charge is 0.223 e. The van der Waals surface area contributed by atoms with Crippen molar-refractivity contribution in [3.8, 4) is 0 Å². The fraction of sp³-hybridized carbons (Fsp3) is 0.417. The van der Waals surface area contributed by atoms with Gasteiger partial charge in [0.05, 0.1) is 15.7 Å². The van der Waals surface area contributed by atoms with E-state index in [1.54, 1.807) is 11.0 Å². The van der Waals surface area contributed by atoms with Crippen molar-refractivity contribution in [2.45, 2.75) is 25.8 Å². The number of halogens is 2. The normalized spacial score (nSPS) is 19.8. The summed E-state index contributed by atoms with van der Waals surface area (Å²) >= 11 is 12.2. The maximum Gasteiger partial charge on any atom is 0.223 e. The minimum atomic E-state index is -0.0934. The molecule has 1 heterocycles. The standard InChI is InChI=1S/C12H14Cl2N2O/c1-7(17)16-6-2-3-10(15)8-4-5-9(13)11(14)12(8)16/h4-5,10H,2-3,6,15H2,1H3. The van der Waals surface area contributed by atoms with Crippen LogP contribution in [0.5, 0.6) is 0 Å². The molecule has 1 amide bonds. The summed E-state index contributed by atoms with van der Waals surface area (Å²) in [6.07, 6.45) is 1.71. The van der Waals surface area contributed by atoms with E-state index in [0.29, 0.717) is 22.3 Å². The third kappa shape index (κ3) is 2.28. The molecule has 0 saturated carbocycles. The van der Waals surface area contributed by atoms with Gasteiger partial charge in [-0.3, -0.25) is 4.79 Å². The molecule has 1 aliphatic heterocycles. The van der Waals surface area contributed by atoms with E-state index in [2.05, 4.69) is 0 Å². The van der Waals surface area contributed by atoms with Crippen molar-refractivity contribution in [3.63, 3.8) is 0 Å². The van der Waals surface area contributed by atoms with Crippen molar-refractivity contribution in [2.24, 2.45) is 5.73 Å². The fourth-order valence-electron chi connectivity index (χ4n) is 2.18. The van der Waals surface area contributed by atoms with Crippen molar-refractivity contribution in [1.82, 2.24) is 0 Å². The summed E-state index contributed by atoms with van der Waals surface area (Å²) in [4.78, 5) is 13.3. The van der Waals surface area contributed by atoms with Gasteiger partial charge in [0.2, 0.25) is 5.91 Å². The Morgan fingerprint density at radius 3 is 2.82 bits per heavy atom. The van der Waals surface area contributed by atoms with Gasteiger partial charge in [0.1, 0.15) is 0 Å². The zero-order valence-corrected chi connectivity index (χ0v) is 11.1. The van der Waals surface area contributed by atoms with Crippen LogP contribution < -0.4 is 10.6 Å². The molecular formula is C12H14Cl2N2O. The van der Waals surface area contributed by atoms with Crippen molar-refractivity contribution in [1.29, 1.82) is 0 Å². The third-order valence-electron chi connectivity index (χ3n) is 3.05. The lowest BCUT2D eigenvalue weighted by atomic mass is 10.0. The topological polar surface area (TPSA) is 46.3 Å². The van der Waals surface area contributed by atoms with Crippen LogP contribution in [0.1, 0.15) is 31.4 Å². The van der Waals surface area contributed by atoms with Gasteiger partial charge in [-0.2, -0.15) is 0 Å². The van der Waals surface area contributed by atoms with Crippen molar-refractivity contribution in [2.75, 3.05) is 11.4 Å². The average molecular weight is 273 g/mol. The van der Waals surface area contributed by atoms with Gasteiger partial charge >= 0.3 is 0 Å². The van der Waals surface area contributed by atoms with Gasteiger partial charge in [-0.1, -0.05) is 29.3 Å². The van der Waals surface area contributed by atoms with Gasteiger partial charge in [-0.15, -0.1) is 0 Å². The van der Waals surface area contributed by atoms with Gasteiger partial charge in [0.25, 0.3) is 0 Å². The zero-order valence-electron chi connectivity index (χ0n) is 9.54. The molecule has 2 N–H and O–H groups in total. The number of anilines is 1. The second-order valence-electron chi connectivity index (χ2n) is 4.22. The Labute approximate surface area is 110 Å². The van der Waals surface area contributed by atoms with Gasteiger partial charge in [-0.05, 0) is 24.5 Å². The molecule has 0 saturated heterocycles. The summed E-state index contributed by atoms with van der Waals surface area (Å²) in [6, 6.07) is 3.49. The molecule has 2 rings (SSSR count). The highest BCUT2D eigenvalue weighted by molar-refractivity contribution is 6.44. The summed E-state index contributed by atoms with van der Waals surface area (Å²) in [5, 5.41) is 0.863. The van der Waals surface area contributed by atoms with Crippen LogP contribution in [-0.4, -0.2) is 12.5 Å². The lowest BCUT2D eigenvalue weighted by molar-refractivity contribution is -0.116. The number of nitrogens with zero attached hydrogens (tertiary/aromatic N) is 1. The lowest BCUT2D eigenvalue weighted by Gasteiger charge is -2.23. The average Bonchev–Trinajstić information content (AvgIpc) is 2.44. The first kappa shape index (κ1) is 12.7. The number of carbonyl (C=O) groups is 1. The molecule has 5 heteroatoms.